The molecule has 0 saturated carbocycles. The number of carbonyl (C=O) groups excluding carboxylic acids is 2. The molecule has 172 valence electrons. The molecule has 1 fully saturated rings. The first kappa shape index (κ1) is 22.2. The van der Waals surface area contributed by atoms with E-state index in [1.54, 1.807) is 21.7 Å². The number of primary amides is 1. The van der Waals surface area contributed by atoms with E-state index in [2.05, 4.69) is 15.3 Å². The van der Waals surface area contributed by atoms with Crippen LogP contribution in [0.2, 0.25) is 0 Å². The maximum absolute atomic E-state index is 13.7. The summed E-state index contributed by atoms with van der Waals surface area (Å²) in [7, 11) is 0. The SMILES string of the molecule is NC(=O)c1c(-c2cccc(F)c2)nn2c1CN(C(=O)NC1CCN(CCCF)CC1)CC2. The largest absolute Gasteiger partial charge is 0.365 e. The van der Waals surface area contributed by atoms with Crippen molar-refractivity contribution in [3.8, 4) is 11.3 Å². The van der Waals surface area contributed by atoms with Gasteiger partial charge in [-0.1, -0.05) is 12.1 Å². The fraction of sp³-hybridized carbons (Fsp3) is 0.500. The lowest BCUT2D eigenvalue weighted by atomic mass is 10.0. The van der Waals surface area contributed by atoms with E-state index in [4.69, 9.17) is 5.73 Å². The molecule has 2 aromatic rings. The molecule has 4 rings (SSSR count). The molecule has 0 atom stereocenters. The summed E-state index contributed by atoms with van der Waals surface area (Å²) in [4.78, 5) is 29.0. The molecule has 0 bridgehead atoms. The lowest BCUT2D eigenvalue weighted by Crippen LogP contribution is -2.51. The highest BCUT2D eigenvalue weighted by atomic mass is 19.1. The second-order valence-electron chi connectivity index (χ2n) is 8.30. The molecule has 0 radical (unpaired) electrons. The quantitative estimate of drug-likeness (QED) is 0.711. The summed E-state index contributed by atoms with van der Waals surface area (Å²) in [6, 6.07) is 5.73. The number of nitrogens with one attached hydrogen (secondary N) is 1. The molecule has 8 nitrogen and oxygen atoms in total. The molecule has 10 heteroatoms. The van der Waals surface area contributed by atoms with Crippen molar-refractivity contribution >= 4 is 11.9 Å². The van der Waals surface area contributed by atoms with E-state index in [-0.39, 0.29) is 30.9 Å². The minimum absolute atomic E-state index is 0.0643. The topological polar surface area (TPSA) is 96.5 Å². The summed E-state index contributed by atoms with van der Waals surface area (Å²) in [6.07, 6.45) is 2.18. The van der Waals surface area contributed by atoms with Crippen molar-refractivity contribution < 1.29 is 18.4 Å². The van der Waals surface area contributed by atoms with E-state index < -0.39 is 11.7 Å². The molecular weight excluding hydrogens is 418 g/mol. The van der Waals surface area contributed by atoms with Crippen LogP contribution >= 0.6 is 0 Å². The number of nitrogens with two attached hydrogens (primary N) is 1. The third-order valence-corrected chi connectivity index (χ3v) is 6.13. The number of halogens is 2. The monoisotopic (exact) mass is 446 g/mol. The van der Waals surface area contributed by atoms with Crippen molar-refractivity contribution in [3.63, 3.8) is 0 Å². The van der Waals surface area contributed by atoms with Crippen molar-refractivity contribution in [2.75, 3.05) is 32.9 Å². The van der Waals surface area contributed by atoms with Crippen molar-refractivity contribution in [1.29, 1.82) is 0 Å². The second kappa shape index (κ2) is 9.64. The van der Waals surface area contributed by atoms with Crippen LogP contribution in [0.3, 0.4) is 0 Å². The van der Waals surface area contributed by atoms with E-state index in [9.17, 15) is 18.4 Å². The van der Waals surface area contributed by atoms with E-state index in [0.29, 0.717) is 36.5 Å². The molecule has 3 heterocycles. The van der Waals surface area contributed by atoms with Gasteiger partial charge in [-0.3, -0.25) is 13.9 Å². The maximum Gasteiger partial charge on any atom is 0.318 e. The normalized spacial score (nSPS) is 17.2. The number of carbonyl (C=O) groups is 2. The van der Waals surface area contributed by atoms with Crippen LogP contribution in [0.25, 0.3) is 11.3 Å². The summed E-state index contributed by atoms with van der Waals surface area (Å²) >= 11 is 0. The van der Waals surface area contributed by atoms with Gasteiger partial charge in [0, 0.05) is 37.8 Å². The number of hydrogen-bond donors (Lipinski definition) is 2. The first-order valence-corrected chi connectivity index (χ1v) is 11.0. The van der Waals surface area contributed by atoms with Crippen LogP contribution in [0.5, 0.6) is 0 Å². The highest BCUT2D eigenvalue weighted by molar-refractivity contribution is 6.00. The van der Waals surface area contributed by atoms with Crippen LogP contribution in [-0.2, 0) is 13.1 Å². The zero-order valence-electron chi connectivity index (χ0n) is 17.9. The Balaban J connectivity index is 1.44. The van der Waals surface area contributed by atoms with Gasteiger partial charge in [0.1, 0.15) is 11.5 Å². The van der Waals surface area contributed by atoms with Crippen molar-refractivity contribution in [2.45, 2.75) is 38.4 Å². The van der Waals surface area contributed by atoms with Crippen LogP contribution in [0.1, 0.15) is 35.3 Å². The fourth-order valence-corrected chi connectivity index (χ4v) is 4.44. The van der Waals surface area contributed by atoms with Gasteiger partial charge in [0.25, 0.3) is 5.91 Å². The van der Waals surface area contributed by atoms with Crippen molar-refractivity contribution in [1.82, 2.24) is 24.9 Å². The number of likely N-dealkylation sites (tertiary alicyclic amines) is 1. The zero-order valence-corrected chi connectivity index (χ0v) is 17.9. The minimum atomic E-state index is -0.659. The molecule has 0 unspecified atom stereocenters. The number of aromatic nitrogens is 2. The minimum Gasteiger partial charge on any atom is -0.365 e. The van der Waals surface area contributed by atoms with E-state index in [1.807, 2.05) is 0 Å². The number of hydrogen-bond acceptors (Lipinski definition) is 4. The number of fused-ring (bicyclic) bond motifs is 1. The highest BCUT2D eigenvalue weighted by Crippen LogP contribution is 2.28. The summed E-state index contributed by atoms with van der Waals surface area (Å²) in [6.45, 7) is 3.16. The van der Waals surface area contributed by atoms with Crippen LogP contribution < -0.4 is 11.1 Å². The summed E-state index contributed by atoms with van der Waals surface area (Å²) in [5.41, 5.74) is 7.21. The molecule has 1 saturated heterocycles. The Kier molecular flexibility index (Phi) is 6.69. The zero-order chi connectivity index (χ0) is 22.7. The number of rotatable bonds is 6. The summed E-state index contributed by atoms with van der Waals surface area (Å²) in [5.74, 6) is -1.09. The smallest absolute Gasteiger partial charge is 0.318 e. The molecule has 0 aliphatic carbocycles. The molecular formula is C22H28F2N6O2. The Hall–Kier alpha value is -3.01. The van der Waals surface area contributed by atoms with E-state index >= 15 is 0 Å². The lowest BCUT2D eigenvalue weighted by Gasteiger charge is -2.34. The predicted octanol–water partition coefficient (Wildman–Crippen LogP) is 2.14. The lowest BCUT2D eigenvalue weighted by molar-refractivity contribution is 0.0997. The van der Waals surface area contributed by atoms with Crippen molar-refractivity contribution in [2.24, 2.45) is 5.73 Å². The van der Waals surface area contributed by atoms with Crippen LogP contribution in [0.15, 0.2) is 24.3 Å². The van der Waals surface area contributed by atoms with E-state index in [1.165, 1.54) is 12.1 Å². The highest BCUT2D eigenvalue weighted by Gasteiger charge is 2.31. The van der Waals surface area contributed by atoms with Crippen molar-refractivity contribution in [3.05, 3.63) is 41.3 Å². The third-order valence-electron chi connectivity index (χ3n) is 6.13. The average Bonchev–Trinajstić information content (AvgIpc) is 3.18. The molecule has 3 amide bonds. The first-order chi connectivity index (χ1) is 15.5. The second-order valence-corrected chi connectivity index (χ2v) is 8.30. The van der Waals surface area contributed by atoms with Crippen LogP contribution in [0.4, 0.5) is 13.6 Å². The molecule has 2 aliphatic heterocycles. The fourth-order valence-electron chi connectivity index (χ4n) is 4.44. The molecule has 2 aliphatic rings. The van der Waals surface area contributed by atoms with Gasteiger partial charge in [-0.05, 0) is 31.4 Å². The summed E-state index contributed by atoms with van der Waals surface area (Å²) in [5, 5.41) is 7.57. The molecule has 1 aromatic heterocycles. The maximum atomic E-state index is 13.7. The number of benzene rings is 1. The van der Waals surface area contributed by atoms with Gasteiger partial charge in [-0.25, -0.2) is 9.18 Å². The van der Waals surface area contributed by atoms with Gasteiger partial charge in [0.15, 0.2) is 0 Å². The molecule has 1 aromatic carbocycles. The van der Waals surface area contributed by atoms with E-state index in [0.717, 1.165) is 32.5 Å². The number of amides is 3. The Morgan fingerprint density at radius 1 is 1.19 bits per heavy atom. The number of nitrogens with zero attached hydrogens (tertiary/aromatic N) is 4. The molecule has 32 heavy (non-hydrogen) atoms. The Morgan fingerprint density at radius 2 is 1.97 bits per heavy atom. The van der Waals surface area contributed by atoms with Gasteiger partial charge in [-0.2, -0.15) is 5.10 Å². The Bertz CT molecular complexity index is 987. The van der Waals surface area contributed by atoms with Gasteiger partial charge in [0.05, 0.1) is 31.0 Å². The number of alkyl halides is 1. The third kappa shape index (κ3) is 4.74. The Labute approximate surface area is 185 Å². The number of urea groups is 1. The van der Waals surface area contributed by atoms with Gasteiger partial charge in [0.2, 0.25) is 0 Å². The number of piperidine rings is 1. The van der Waals surface area contributed by atoms with Crippen LogP contribution in [-0.4, -0.2) is 70.4 Å². The molecule has 0 spiro atoms. The summed E-state index contributed by atoms with van der Waals surface area (Å²) < 4.78 is 27.7. The molecule has 3 N–H and O–H groups in total. The van der Waals surface area contributed by atoms with Gasteiger partial charge >= 0.3 is 6.03 Å². The van der Waals surface area contributed by atoms with Gasteiger partial charge in [-0.15, -0.1) is 0 Å². The van der Waals surface area contributed by atoms with Gasteiger partial charge < -0.3 is 20.9 Å². The van der Waals surface area contributed by atoms with Crippen LogP contribution in [0, 0.1) is 5.82 Å². The predicted molar refractivity (Wildman–Crippen MR) is 115 cm³/mol. The standard InChI is InChI=1S/C22H28F2N6O2/c23-7-2-8-28-9-5-17(6-10-28)26-22(32)29-11-12-30-18(14-29)19(21(25)31)20(27-30)15-3-1-4-16(24)13-15/h1,3-4,13,17H,2,5-12,14H2,(H2,25,31)(H,26,32). The first-order valence-electron chi connectivity index (χ1n) is 11.0. The average molecular weight is 447 g/mol. The Morgan fingerprint density at radius 3 is 2.66 bits per heavy atom.